The lowest BCUT2D eigenvalue weighted by Crippen LogP contribution is -2.50. The topological polar surface area (TPSA) is 73.0 Å². The molecule has 0 bridgehead atoms. The van der Waals surface area contributed by atoms with E-state index in [4.69, 9.17) is 4.42 Å². The van der Waals surface area contributed by atoms with Gasteiger partial charge in [-0.05, 0) is 38.7 Å². The van der Waals surface area contributed by atoms with E-state index in [1.807, 2.05) is 68.4 Å². The Hall–Kier alpha value is -1.58. The van der Waals surface area contributed by atoms with Gasteiger partial charge in [0.15, 0.2) is 5.96 Å². The summed E-state index contributed by atoms with van der Waals surface area (Å²) in [4.78, 5) is 6.60. The second-order valence-corrected chi connectivity index (χ2v) is 6.99. The van der Waals surface area contributed by atoms with Gasteiger partial charge in [-0.2, -0.15) is 0 Å². The lowest BCUT2D eigenvalue weighted by atomic mass is 10.1. The van der Waals surface area contributed by atoms with Crippen molar-refractivity contribution in [3.05, 3.63) is 60.1 Å². The van der Waals surface area contributed by atoms with Crippen LogP contribution in [0.5, 0.6) is 0 Å². The molecule has 0 aliphatic heterocycles. The fourth-order valence-electron chi connectivity index (χ4n) is 2.70. The summed E-state index contributed by atoms with van der Waals surface area (Å²) < 4.78 is 5.36. The number of aliphatic imine (C=N–C) groups is 1. The van der Waals surface area contributed by atoms with Crippen LogP contribution in [0, 0.1) is 0 Å². The van der Waals surface area contributed by atoms with Crippen molar-refractivity contribution < 1.29 is 9.52 Å². The Kier molecular flexibility index (Phi) is 10.4. The zero-order valence-electron chi connectivity index (χ0n) is 16.3. The molecule has 1 aromatic carbocycles. The maximum absolute atomic E-state index is 10.5. The smallest absolute Gasteiger partial charge is 0.191 e. The Morgan fingerprint density at radius 3 is 2.52 bits per heavy atom. The van der Waals surface area contributed by atoms with E-state index in [1.54, 1.807) is 6.26 Å². The summed E-state index contributed by atoms with van der Waals surface area (Å²) in [5, 5.41) is 17.0. The van der Waals surface area contributed by atoms with Crippen molar-refractivity contribution in [2.24, 2.45) is 4.99 Å². The van der Waals surface area contributed by atoms with Crippen LogP contribution in [-0.2, 0) is 13.0 Å². The van der Waals surface area contributed by atoms with Crippen molar-refractivity contribution in [1.82, 2.24) is 15.5 Å². The summed E-state index contributed by atoms with van der Waals surface area (Å²) in [6, 6.07) is 13.9. The van der Waals surface area contributed by atoms with Gasteiger partial charge < -0.3 is 25.1 Å². The van der Waals surface area contributed by atoms with Crippen molar-refractivity contribution in [3.63, 3.8) is 0 Å². The van der Waals surface area contributed by atoms with E-state index in [-0.39, 0.29) is 24.0 Å². The first-order valence-electron chi connectivity index (χ1n) is 8.90. The van der Waals surface area contributed by atoms with Gasteiger partial charge in [0.25, 0.3) is 0 Å². The molecule has 1 atom stereocenters. The molecule has 6 nitrogen and oxygen atoms in total. The number of halogens is 1. The molecule has 3 N–H and O–H groups in total. The quantitative estimate of drug-likeness (QED) is 0.289. The Balaban J connectivity index is 0.00000364. The monoisotopic (exact) mass is 486 g/mol. The van der Waals surface area contributed by atoms with Crippen LogP contribution < -0.4 is 10.6 Å². The molecule has 0 spiro atoms. The van der Waals surface area contributed by atoms with E-state index in [2.05, 4.69) is 15.6 Å². The van der Waals surface area contributed by atoms with Crippen LogP contribution in [0.3, 0.4) is 0 Å². The second kappa shape index (κ2) is 12.0. The molecule has 1 heterocycles. The van der Waals surface area contributed by atoms with Crippen molar-refractivity contribution in [2.45, 2.75) is 25.5 Å². The first kappa shape index (κ1) is 23.5. The molecule has 2 aromatic rings. The third-order valence-electron chi connectivity index (χ3n) is 3.80. The third kappa shape index (κ3) is 9.78. The molecule has 0 aliphatic rings. The van der Waals surface area contributed by atoms with Gasteiger partial charge in [-0.15, -0.1) is 24.0 Å². The summed E-state index contributed by atoms with van der Waals surface area (Å²) in [5.74, 6) is 1.61. The van der Waals surface area contributed by atoms with Crippen molar-refractivity contribution in [3.8, 4) is 0 Å². The summed E-state index contributed by atoms with van der Waals surface area (Å²) in [7, 11) is 3.89. The van der Waals surface area contributed by atoms with Crippen LogP contribution in [0.25, 0.3) is 0 Å². The predicted octanol–water partition coefficient (Wildman–Crippen LogP) is 2.49. The number of furan rings is 1. The molecule has 1 unspecified atom stereocenters. The molecule has 2 rings (SSSR count). The van der Waals surface area contributed by atoms with Crippen LogP contribution in [-0.4, -0.2) is 55.3 Å². The van der Waals surface area contributed by atoms with Crippen LogP contribution in [0.2, 0.25) is 0 Å². The number of likely N-dealkylation sites (N-methyl/N-ethyl adjacent to an activating group) is 1. The normalized spacial score (nSPS) is 13.7. The van der Waals surface area contributed by atoms with Crippen molar-refractivity contribution in [2.75, 3.05) is 33.7 Å². The molecule has 0 fully saturated rings. The molecular weight excluding hydrogens is 455 g/mol. The van der Waals surface area contributed by atoms with Crippen LogP contribution in [0.4, 0.5) is 0 Å². The molecule has 0 saturated heterocycles. The van der Waals surface area contributed by atoms with Gasteiger partial charge in [-0.25, -0.2) is 4.99 Å². The molecule has 0 amide bonds. The second-order valence-electron chi connectivity index (χ2n) is 6.99. The fourth-order valence-corrected chi connectivity index (χ4v) is 2.70. The standard InChI is InChI=1S/C20H30N4O2.HI/c1-20(25,16-24(2)3)15-23-19(21-12-11-18-10-7-13-26-18)22-14-17-8-5-4-6-9-17;/h4-10,13,25H,11-12,14-16H2,1-3H3,(H2,21,22,23);1H. The van der Waals surface area contributed by atoms with Gasteiger partial charge in [-0.3, -0.25) is 0 Å². The minimum Gasteiger partial charge on any atom is -0.469 e. The number of guanidine groups is 1. The van der Waals surface area contributed by atoms with Crippen LogP contribution in [0.1, 0.15) is 18.2 Å². The highest BCUT2D eigenvalue weighted by molar-refractivity contribution is 14.0. The maximum atomic E-state index is 10.5. The molecule has 27 heavy (non-hydrogen) atoms. The van der Waals surface area contributed by atoms with E-state index in [9.17, 15) is 5.11 Å². The Morgan fingerprint density at radius 2 is 1.89 bits per heavy atom. The van der Waals surface area contributed by atoms with E-state index in [0.717, 1.165) is 17.7 Å². The van der Waals surface area contributed by atoms with Crippen molar-refractivity contribution in [1.29, 1.82) is 0 Å². The number of rotatable bonds is 9. The molecule has 0 radical (unpaired) electrons. The highest BCUT2D eigenvalue weighted by atomic mass is 127. The molecule has 1 aromatic heterocycles. The summed E-state index contributed by atoms with van der Waals surface area (Å²) in [6.45, 7) is 4.07. The minimum atomic E-state index is -0.848. The van der Waals surface area contributed by atoms with Gasteiger partial charge >= 0.3 is 0 Å². The van der Waals surface area contributed by atoms with Gasteiger partial charge in [0.05, 0.1) is 18.4 Å². The summed E-state index contributed by atoms with van der Waals surface area (Å²) in [5.41, 5.74) is 0.291. The number of hydrogen-bond donors (Lipinski definition) is 3. The Morgan fingerprint density at radius 1 is 1.15 bits per heavy atom. The molecule has 0 saturated carbocycles. The number of benzene rings is 1. The number of nitrogens with zero attached hydrogens (tertiary/aromatic N) is 2. The average molecular weight is 486 g/mol. The molecule has 150 valence electrons. The molecule has 7 heteroatoms. The van der Waals surface area contributed by atoms with Gasteiger partial charge in [0.2, 0.25) is 0 Å². The van der Waals surface area contributed by atoms with Crippen molar-refractivity contribution >= 4 is 29.9 Å². The highest BCUT2D eigenvalue weighted by Crippen LogP contribution is 2.04. The number of aliphatic hydroxyl groups is 1. The van der Waals surface area contributed by atoms with Gasteiger partial charge in [0, 0.05) is 26.1 Å². The SMILES string of the molecule is CN(C)CC(C)(O)CNC(=NCc1ccccc1)NCCc1ccco1.I. The lowest BCUT2D eigenvalue weighted by molar-refractivity contribution is 0.0377. The molecule has 0 aliphatic carbocycles. The summed E-state index contributed by atoms with van der Waals surface area (Å²) in [6.07, 6.45) is 2.45. The maximum Gasteiger partial charge on any atom is 0.191 e. The van der Waals surface area contributed by atoms with Gasteiger partial charge in [0.1, 0.15) is 5.76 Å². The Bertz CT molecular complexity index is 658. The summed E-state index contributed by atoms with van der Waals surface area (Å²) >= 11 is 0. The predicted molar refractivity (Wildman–Crippen MR) is 121 cm³/mol. The zero-order valence-corrected chi connectivity index (χ0v) is 18.6. The zero-order chi connectivity index (χ0) is 18.8. The molecular formula is C20H31IN4O2. The largest absolute Gasteiger partial charge is 0.469 e. The minimum absolute atomic E-state index is 0. The van der Waals surface area contributed by atoms with E-state index >= 15 is 0 Å². The first-order valence-corrected chi connectivity index (χ1v) is 8.90. The average Bonchev–Trinajstić information content (AvgIpc) is 3.10. The van der Waals surface area contributed by atoms with Crippen LogP contribution >= 0.6 is 24.0 Å². The highest BCUT2D eigenvalue weighted by Gasteiger charge is 2.21. The van der Waals surface area contributed by atoms with Gasteiger partial charge in [-0.1, -0.05) is 30.3 Å². The lowest BCUT2D eigenvalue weighted by Gasteiger charge is -2.28. The third-order valence-corrected chi connectivity index (χ3v) is 3.80. The fraction of sp³-hybridized carbons (Fsp3) is 0.450. The van der Waals surface area contributed by atoms with E-state index in [0.29, 0.717) is 32.1 Å². The Labute approximate surface area is 179 Å². The number of hydrogen-bond acceptors (Lipinski definition) is 4. The van der Waals surface area contributed by atoms with E-state index in [1.165, 1.54) is 0 Å². The number of nitrogens with one attached hydrogen (secondary N) is 2. The van der Waals surface area contributed by atoms with E-state index < -0.39 is 5.60 Å². The van der Waals surface area contributed by atoms with Crippen LogP contribution in [0.15, 0.2) is 58.1 Å². The first-order chi connectivity index (χ1) is 12.4.